The monoisotopic (exact) mass is 254 g/mol. The summed E-state index contributed by atoms with van der Waals surface area (Å²) in [5.74, 6) is -3.12. The molecule has 1 aromatic carbocycles. The number of hydrogen-bond donors (Lipinski definition) is 2. The van der Waals surface area contributed by atoms with Gasteiger partial charge in [-0.15, -0.1) is 12.4 Å². The summed E-state index contributed by atoms with van der Waals surface area (Å²) < 4.78 is 39.2. The first-order valence-corrected chi connectivity index (χ1v) is 4.67. The van der Waals surface area contributed by atoms with E-state index >= 15 is 0 Å². The molecule has 16 heavy (non-hydrogen) atoms. The lowest BCUT2D eigenvalue weighted by Crippen LogP contribution is -2.16. The number of hydrogen-bond acceptors (Lipinski definition) is 2. The van der Waals surface area contributed by atoms with E-state index in [1.807, 2.05) is 0 Å². The van der Waals surface area contributed by atoms with E-state index in [9.17, 15) is 13.2 Å². The van der Waals surface area contributed by atoms with Gasteiger partial charge in [0.2, 0.25) is 0 Å². The van der Waals surface area contributed by atoms with Crippen molar-refractivity contribution in [3.8, 4) is 0 Å². The summed E-state index contributed by atoms with van der Waals surface area (Å²) >= 11 is 0. The van der Waals surface area contributed by atoms with E-state index in [2.05, 4.69) is 0 Å². The summed E-state index contributed by atoms with van der Waals surface area (Å²) in [7, 11) is 0. The van der Waals surface area contributed by atoms with Crippen LogP contribution in [0.15, 0.2) is 12.1 Å². The molecule has 92 valence electrons. The Balaban J connectivity index is 0.00000225. The summed E-state index contributed by atoms with van der Waals surface area (Å²) in [5.41, 5.74) is 10.4. The molecule has 0 radical (unpaired) electrons. The first kappa shape index (κ1) is 15.2. The van der Waals surface area contributed by atoms with Crippen LogP contribution in [0.4, 0.5) is 13.2 Å². The van der Waals surface area contributed by atoms with Crippen LogP contribution in [0, 0.1) is 17.5 Å². The van der Waals surface area contributed by atoms with E-state index in [4.69, 9.17) is 11.5 Å². The van der Waals surface area contributed by atoms with Crippen LogP contribution in [0.2, 0.25) is 0 Å². The molecule has 1 aromatic rings. The maximum atomic E-state index is 13.2. The minimum atomic E-state index is -1.21. The Kier molecular flexibility index (Phi) is 6.40. The van der Waals surface area contributed by atoms with Gasteiger partial charge in [-0.1, -0.05) is 0 Å². The third-order valence-corrected chi connectivity index (χ3v) is 2.17. The molecule has 0 aliphatic rings. The average molecular weight is 255 g/mol. The van der Waals surface area contributed by atoms with Crippen molar-refractivity contribution in [3.63, 3.8) is 0 Å². The maximum absolute atomic E-state index is 13.2. The van der Waals surface area contributed by atoms with Crippen molar-refractivity contribution in [1.82, 2.24) is 0 Å². The Bertz CT molecular complexity index is 347. The number of rotatable bonds is 4. The molecule has 2 nitrogen and oxygen atoms in total. The van der Waals surface area contributed by atoms with Crippen LogP contribution in [0.25, 0.3) is 0 Å². The van der Waals surface area contributed by atoms with Crippen LogP contribution in [0.3, 0.4) is 0 Å². The molecule has 0 saturated heterocycles. The second kappa shape index (κ2) is 6.73. The zero-order chi connectivity index (χ0) is 11.4. The van der Waals surface area contributed by atoms with Crippen molar-refractivity contribution in [2.24, 2.45) is 11.5 Å². The van der Waals surface area contributed by atoms with E-state index in [-0.39, 0.29) is 12.4 Å². The van der Waals surface area contributed by atoms with Gasteiger partial charge in [0.25, 0.3) is 0 Å². The number of nitrogens with two attached hydrogens (primary N) is 2. The molecule has 0 aliphatic carbocycles. The summed E-state index contributed by atoms with van der Waals surface area (Å²) in [6, 6.07) is 0.754. The molecule has 0 fully saturated rings. The van der Waals surface area contributed by atoms with Crippen molar-refractivity contribution in [2.45, 2.75) is 18.9 Å². The highest BCUT2D eigenvalue weighted by Crippen LogP contribution is 2.24. The summed E-state index contributed by atoms with van der Waals surface area (Å²) in [6.07, 6.45) is 0.865. The van der Waals surface area contributed by atoms with Gasteiger partial charge in [-0.2, -0.15) is 0 Å². The van der Waals surface area contributed by atoms with Gasteiger partial charge in [0.1, 0.15) is 5.82 Å². The fraction of sp³-hybridized carbons (Fsp3) is 0.400. The molecule has 0 aliphatic heterocycles. The van der Waals surface area contributed by atoms with E-state index in [0.717, 1.165) is 12.1 Å². The van der Waals surface area contributed by atoms with E-state index in [0.29, 0.717) is 19.4 Å². The number of halogens is 4. The lowest BCUT2D eigenvalue weighted by molar-refractivity contribution is 0.456. The topological polar surface area (TPSA) is 52.0 Å². The summed E-state index contributed by atoms with van der Waals surface area (Å²) in [4.78, 5) is 0. The summed E-state index contributed by atoms with van der Waals surface area (Å²) in [5, 5.41) is 0. The maximum Gasteiger partial charge on any atom is 0.166 e. The lowest BCUT2D eigenvalue weighted by atomic mass is 10.0. The zero-order valence-electron chi connectivity index (χ0n) is 8.55. The lowest BCUT2D eigenvalue weighted by Gasteiger charge is -2.13. The SMILES string of the molecule is Cl.NCCC[C@H](N)c1c(F)ccc(F)c1F. The molecule has 0 heterocycles. The van der Waals surface area contributed by atoms with Crippen molar-refractivity contribution in [3.05, 3.63) is 35.1 Å². The van der Waals surface area contributed by atoms with Crippen LogP contribution >= 0.6 is 12.4 Å². The normalized spacial score (nSPS) is 12.1. The van der Waals surface area contributed by atoms with Gasteiger partial charge >= 0.3 is 0 Å². The Morgan fingerprint density at radius 2 is 1.69 bits per heavy atom. The first-order valence-electron chi connectivity index (χ1n) is 4.67. The van der Waals surface area contributed by atoms with Gasteiger partial charge in [0.15, 0.2) is 11.6 Å². The Labute approximate surface area is 98.2 Å². The van der Waals surface area contributed by atoms with Crippen LogP contribution in [-0.2, 0) is 0 Å². The van der Waals surface area contributed by atoms with Gasteiger partial charge in [0, 0.05) is 11.6 Å². The molecule has 1 rings (SSSR count). The Morgan fingerprint density at radius 1 is 1.12 bits per heavy atom. The second-order valence-electron chi connectivity index (χ2n) is 3.29. The zero-order valence-corrected chi connectivity index (χ0v) is 9.37. The molecular weight excluding hydrogens is 241 g/mol. The van der Waals surface area contributed by atoms with Gasteiger partial charge in [0.05, 0.1) is 0 Å². The van der Waals surface area contributed by atoms with Crippen LogP contribution in [0.5, 0.6) is 0 Å². The average Bonchev–Trinajstić information content (AvgIpc) is 2.21. The highest BCUT2D eigenvalue weighted by molar-refractivity contribution is 5.85. The van der Waals surface area contributed by atoms with Gasteiger partial charge in [-0.05, 0) is 31.5 Å². The minimum Gasteiger partial charge on any atom is -0.330 e. The Hall–Kier alpha value is -0.780. The molecule has 1 atom stereocenters. The molecule has 0 saturated carbocycles. The molecule has 6 heteroatoms. The molecule has 4 N–H and O–H groups in total. The molecule has 0 amide bonds. The van der Waals surface area contributed by atoms with Gasteiger partial charge in [-0.3, -0.25) is 0 Å². The van der Waals surface area contributed by atoms with E-state index in [1.165, 1.54) is 0 Å². The minimum absolute atomic E-state index is 0. The number of benzene rings is 1. The third kappa shape index (κ3) is 3.37. The summed E-state index contributed by atoms with van der Waals surface area (Å²) in [6.45, 7) is 0.381. The molecular formula is C10H14ClF3N2. The van der Waals surface area contributed by atoms with Crippen molar-refractivity contribution >= 4 is 12.4 Å². The predicted molar refractivity (Wildman–Crippen MR) is 58.8 cm³/mol. The van der Waals surface area contributed by atoms with Crippen LogP contribution < -0.4 is 11.5 Å². The fourth-order valence-electron chi connectivity index (χ4n) is 1.36. The van der Waals surface area contributed by atoms with Crippen molar-refractivity contribution in [2.75, 3.05) is 6.54 Å². The molecule has 0 unspecified atom stereocenters. The molecule has 0 spiro atoms. The fourth-order valence-corrected chi connectivity index (χ4v) is 1.36. The first-order chi connectivity index (χ1) is 7.07. The van der Waals surface area contributed by atoms with Crippen molar-refractivity contribution < 1.29 is 13.2 Å². The van der Waals surface area contributed by atoms with Gasteiger partial charge < -0.3 is 11.5 Å². The Morgan fingerprint density at radius 3 is 2.25 bits per heavy atom. The molecule has 0 aromatic heterocycles. The van der Waals surface area contributed by atoms with Crippen molar-refractivity contribution in [1.29, 1.82) is 0 Å². The third-order valence-electron chi connectivity index (χ3n) is 2.17. The highest BCUT2D eigenvalue weighted by atomic mass is 35.5. The van der Waals surface area contributed by atoms with E-state index in [1.54, 1.807) is 0 Å². The quantitative estimate of drug-likeness (QED) is 0.810. The van der Waals surface area contributed by atoms with Crippen LogP contribution in [-0.4, -0.2) is 6.54 Å². The standard InChI is InChI=1S/C10H13F3N2.ClH/c11-6-3-4-7(12)10(13)9(6)8(15)2-1-5-14;/h3-4,8H,1-2,5,14-15H2;1H/t8-;/m0./s1. The molecule has 0 bridgehead atoms. The smallest absolute Gasteiger partial charge is 0.166 e. The van der Waals surface area contributed by atoms with Crippen LogP contribution in [0.1, 0.15) is 24.4 Å². The predicted octanol–water partition coefficient (Wildman–Crippen LogP) is 2.26. The largest absolute Gasteiger partial charge is 0.330 e. The van der Waals surface area contributed by atoms with Gasteiger partial charge in [-0.25, -0.2) is 13.2 Å². The van der Waals surface area contributed by atoms with E-state index < -0.39 is 29.1 Å². The highest BCUT2D eigenvalue weighted by Gasteiger charge is 2.19. The second-order valence-corrected chi connectivity index (χ2v) is 3.29.